The first-order valence-corrected chi connectivity index (χ1v) is 9.68. The Balaban J connectivity index is 1.77. The van der Waals surface area contributed by atoms with Crippen LogP contribution < -0.4 is 4.90 Å². The summed E-state index contributed by atoms with van der Waals surface area (Å²) in [7, 11) is 0. The summed E-state index contributed by atoms with van der Waals surface area (Å²) in [4.78, 5) is 18.6. The Hall–Kier alpha value is -3.55. The Morgan fingerprint density at radius 1 is 1.13 bits per heavy atom. The van der Waals surface area contributed by atoms with Gasteiger partial charge in [0.25, 0.3) is 5.91 Å². The highest BCUT2D eigenvalue weighted by atomic mass is 19.4. The molecule has 1 atom stereocenters. The topological polar surface area (TPSA) is 73.7 Å². The number of fused-ring (bicyclic) bond motifs is 1. The second-order valence-corrected chi connectivity index (χ2v) is 7.51. The van der Waals surface area contributed by atoms with Crippen LogP contribution >= 0.6 is 0 Å². The smallest absolute Gasteiger partial charge is 0.418 e. The number of pyridine rings is 1. The van der Waals surface area contributed by atoms with E-state index >= 15 is 0 Å². The van der Waals surface area contributed by atoms with Gasteiger partial charge in [-0.25, -0.2) is 0 Å². The first-order valence-electron chi connectivity index (χ1n) is 9.68. The van der Waals surface area contributed by atoms with Crippen LogP contribution in [0.1, 0.15) is 34.8 Å². The fourth-order valence-electron chi connectivity index (χ4n) is 3.90. The van der Waals surface area contributed by atoms with E-state index in [0.29, 0.717) is 24.1 Å². The molecule has 1 aliphatic heterocycles. The number of phenolic OH excluding ortho intramolecular Hbond substituents is 2. The molecule has 2 aromatic carbocycles. The van der Waals surface area contributed by atoms with Gasteiger partial charge in [-0.1, -0.05) is 6.07 Å². The van der Waals surface area contributed by atoms with Crippen molar-refractivity contribution in [1.29, 1.82) is 0 Å². The first kappa shape index (κ1) is 20.7. The number of aromatic hydroxyl groups is 2. The summed E-state index contributed by atoms with van der Waals surface area (Å²) in [6, 6.07) is 10.6. The number of anilines is 1. The molecule has 1 amide bonds. The van der Waals surface area contributed by atoms with Gasteiger partial charge in [-0.15, -0.1) is 0 Å². The third-order valence-electron chi connectivity index (χ3n) is 5.43. The van der Waals surface area contributed by atoms with Gasteiger partial charge in [0.15, 0.2) is 0 Å². The average molecular weight is 428 g/mol. The van der Waals surface area contributed by atoms with E-state index in [1.54, 1.807) is 12.1 Å². The molecule has 4 rings (SSSR count). The summed E-state index contributed by atoms with van der Waals surface area (Å²) < 4.78 is 40.2. The minimum absolute atomic E-state index is 0.0330. The summed E-state index contributed by atoms with van der Waals surface area (Å²) in [5.74, 6) is -0.960. The van der Waals surface area contributed by atoms with Crippen LogP contribution in [-0.4, -0.2) is 27.1 Å². The van der Waals surface area contributed by atoms with Crippen molar-refractivity contribution >= 4 is 11.6 Å². The van der Waals surface area contributed by atoms with E-state index in [1.807, 2.05) is 6.92 Å². The van der Waals surface area contributed by atoms with Crippen molar-refractivity contribution in [2.24, 2.45) is 0 Å². The second-order valence-electron chi connectivity index (χ2n) is 7.51. The van der Waals surface area contributed by atoms with E-state index in [0.717, 1.165) is 17.7 Å². The molecular formula is C23H19F3N2O3. The van der Waals surface area contributed by atoms with Crippen LogP contribution in [0.5, 0.6) is 11.5 Å². The van der Waals surface area contributed by atoms with Crippen LogP contribution in [0.25, 0.3) is 11.3 Å². The molecule has 0 aliphatic carbocycles. The zero-order chi connectivity index (χ0) is 22.3. The Labute approximate surface area is 176 Å². The third kappa shape index (κ3) is 3.81. The number of carbonyl (C=O) groups is 1. The lowest BCUT2D eigenvalue weighted by Crippen LogP contribution is -2.42. The Morgan fingerprint density at radius 3 is 2.61 bits per heavy atom. The van der Waals surface area contributed by atoms with Gasteiger partial charge in [-0.05, 0) is 61.7 Å². The quantitative estimate of drug-likeness (QED) is 0.591. The summed E-state index contributed by atoms with van der Waals surface area (Å²) in [6.45, 7) is 1.87. The van der Waals surface area contributed by atoms with Crippen molar-refractivity contribution < 1.29 is 28.2 Å². The van der Waals surface area contributed by atoms with E-state index in [9.17, 15) is 28.2 Å². The van der Waals surface area contributed by atoms with E-state index in [4.69, 9.17) is 0 Å². The Kier molecular flexibility index (Phi) is 5.08. The lowest BCUT2D eigenvalue weighted by Gasteiger charge is -2.35. The standard InChI is InChI=1S/C23H19F3N2O3/c1-13-4-5-14-11-15(21-18(23(24,25)26)3-2-10-27-21)6-9-19(14)28(13)22(31)17-8-7-16(29)12-20(17)30/h2-3,6-13,29-30H,4-5H2,1H3. The molecule has 1 aromatic heterocycles. The number of benzene rings is 2. The minimum Gasteiger partial charge on any atom is -0.508 e. The first-order chi connectivity index (χ1) is 14.7. The lowest BCUT2D eigenvalue weighted by atomic mass is 9.92. The van der Waals surface area contributed by atoms with E-state index < -0.39 is 17.6 Å². The number of carbonyl (C=O) groups excluding carboxylic acids is 1. The maximum absolute atomic E-state index is 13.4. The molecule has 31 heavy (non-hydrogen) atoms. The van der Waals surface area contributed by atoms with Crippen molar-refractivity contribution in [1.82, 2.24) is 4.98 Å². The summed E-state index contributed by atoms with van der Waals surface area (Å²) in [6.07, 6.45) is -2.03. The van der Waals surface area contributed by atoms with Crippen molar-refractivity contribution in [3.63, 3.8) is 0 Å². The minimum atomic E-state index is -4.54. The molecule has 0 bridgehead atoms. The van der Waals surface area contributed by atoms with Crippen molar-refractivity contribution in [3.05, 3.63) is 71.4 Å². The maximum atomic E-state index is 13.4. The number of amides is 1. The van der Waals surface area contributed by atoms with Gasteiger partial charge in [0.2, 0.25) is 0 Å². The third-order valence-corrected chi connectivity index (χ3v) is 5.43. The molecule has 0 spiro atoms. The molecule has 2 N–H and O–H groups in total. The van der Waals surface area contributed by atoms with Gasteiger partial charge in [-0.2, -0.15) is 13.2 Å². The highest BCUT2D eigenvalue weighted by Gasteiger charge is 2.35. The molecule has 1 unspecified atom stereocenters. The average Bonchev–Trinajstić information content (AvgIpc) is 2.72. The monoisotopic (exact) mass is 428 g/mol. The number of hydrogen-bond donors (Lipinski definition) is 2. The predicted molar refractivity (Wildman–Crippen MR) is 109 cm³/mol. The van der Waals surface area contributed by atoms with Crippen LogP contribution in [0.3, 0.4) is 0 Å². The van der Waals surface area contributed by atoms with Gasteiger partial charge < -0.3 is 15.1 Å². The number of phenols is 2. The molecule has 5 nitrogen and oxygen atoms in total. The molecule has 1 aliphatic rings. The highest BCUT2D eigenvalue weighted by Crippen LogP contribution is 2.39. The molecular weight excluding hydrogens is 409 g/mol. The lowest BCUT2D eigenvalue weighted by molar-refractivity contribution is -0.137. The fraction of sp³-hybridized carbons (Fsp3) is 0.217. The molecule has 0 saturated carbocycles. The van der Waals surface area contributed by atoms with Crippen LogP contribution in [0.2, 0.25) is 0 Å². The molecule has 0 radical (unpaired) electrons. The van der Waals surface area contributed by atoms with Gasteiger partial charge in [-0.3, -0.25) is 9.78 Å². The second kappa shape index (κ2) is 7.61. The molecule has 0 fully saturated rings. The van der Waals surface area contributed by atoms with Crippen LogP contribution in [0.15, 0.2) is 54.7 Å². The number of aromatic nitrogens is 1. The van der Waals surface area contributed by atoms with Crippen molar-refractivity contribution in [3.8, 4) is 22.8 Å². The van der Waals surface area contributed by atoms with E-state index in [1.165, 1.54) is 35.4 Å². The highest BCUT2D eigenvalue weighted by molar-refractivity contribution is 6.09. The number of nitrogens with zero attached hydrogens (tertiary/aromatic N) is 2. The van der Waals surface area contributed by atoms with Crippen molar-refractivity contribution in [2.75, 3.05) is 4.90 Å². The summed E-state index contributed by atoms with van der Waals surface area (Å²) in [5, 5.41) is 19.6. The van der Waals surface area contributed by atoms with Crippen molar-refractivity contribution in [2.45, 2.75) is 32.0 Å². The SMILES string of the molecule is CC1CCc2cc(-c3ncccc3C(F)(F)F)ccc2N1C(=O)c1ccc(O)cc1O. The summed E-state index contributed by atoms with van der Waals surface area (Å²) >= 11 is 0. The molecule has 2 heterocycles. The molecule has 8 heteroatoms. The maximum Gasteiger partial charge on any atom is 0.418 e. The van der Waals surface area contributed by atoms with E-state index in [2.05, 4.69) is 4.98 Å². The van der Waals surface area contributed by atoms with E-state index in [-0.39, 0.29) is 28.8 Å². The number of hydrogen-bond acceptors (Lipinski definition) is 4. The predicted octanol–water partition coefficient (Wildman–Crippen LogP) is 5.16. The van der Waals surface area contributed by atoms with Gasteiger partial charge in [0.1, 0.15) is 11.5 Å². The van der Waals surface area contributed by atoms with Crippen LogP contribution in [0, 0.1) is 0 Å². The Bertz CT molecular complexity index is 1160. The molecule has 3 aromatic rings. The zero-order valence-electron chi connectivity index (χ0n) is 16.5. The largest absolute Gasteiger partial charge is 0.508 e. The number of aryl methyl sites for hydroxylation is 1. The van der Waals surface area contributed by atoms with Gasteiger partial charge in [0.05, 0.1) is 16.8 Å². The fourth-order valence-corrected chi connectivity index (χ4v) is 3.90. The number of rotatable bonds is 2. The van der Waals surface area contributed by atoms with Gasteiger partial charge in [0, 0.05) is 29.6 Å². The Morgan fingerprint density at radius 2 is 1.90 bits per heavy atom. The molecule has 160 valence electrons. The number of alkyl halides is 3. The molecule has 0 saturated heterocycles. The van der Waals surface area contributed by atoms with Crippen LogP contribution in [-0.2, 0) is 12.6 Å². The van der Waals surface area contributed by atoms with Crippen LogP contribution in [0.4, 0.5) is 18.9 Å². The summed E-state index contributed by atoms with van der Waals surface area (Å²) in [5.41, 5.74) is 0.670. The number of halogens is 3. The van der Waals surface area contributed by atoms with Gasteiger partial charge >= 0.3 is 6.18 Å². The zero-order valence-corrected chi connectivity index (χ0v) is 16.5. The normalized spacial score (nSPS) is 16.1.